The van der Waals surface area contributed by atoms with Gasteiger partial charge in [0.05, 0.1) is 11.6 Å². The Hall–Kier alpha value is -4.44. The Morgan fingerprint density at radius 3 is 1.98 bits per heavy atom. The number of nitrogens with zero attached hydrogens (tertiary/aromatic N) is 7. The van der Waals surface area contributed by atoms with Crippen LogP contribution < -0.4 is 0 Å². The van der Waals surface area contributed by atoms with Crippen LogP contribution in [0, 0.1) is 23.2 Å². The third kappa shape index (κ3) is 4.12. The van der Waals surface area contributed by atoms with E-state index in [1.165, 1.54) is 28.8 Å². The molecule has 3 aromatic rings. The third-order valence-electron chi connectivity index (χ3n) is 8.58. The van der Waals surface area contributed by atoms with Gasteiger partial charge in [0.2, 0.25) is 0 Å². The number of carbonyl (C=O) groups excluding carboxylic acids is 2. The van der Waals surface area contributed by atoms with E-state index in [1.807, 2.05) is 4.90 Å². The number of benzene rings is 1. The first-order chi connectivity index (χ1) is 20.1. The molecule has 1 saturated carbocycles. The van der Waals surface area contributed by atoms with Crippen LogP contribution in [0.15, 0.2) is 85.2 Å². The van der Waals surface area contributed by atoms with Crippen molar-refractivity contribution in [3.63, 3.8) is 0 Å². The molecular formula is C30H29N7O4S. The summed E-state index contributed by atoms with van der Waals surface area (Å²) < 4.78 is 28.3. The Balaban J connectivity index is 1.46. The molecule has 0 radical (unpaired) electrons. The van der Waals surface area contributed by atoms with Crippen molar-refractivity contribution < 1.29 is 18.0 Å². The standard InChI is InChI=1S/C30H29N7O4S/c1-34(2)42(40,41)36-18-24-25(19-36)28(24)37-27(16-26(38)21-6-4-20(17-31)5-7-21)35(3)30(29(37)39,22-8-12-32-13-9-22)23-10-14-33-15-11-23/h4-16,24-25,28H,18-19H2,1-3H3/t24-,25+,28?. The topological polar surface area (TPSA) is 131 Å². The number of hydrogen-bond acceptors (Lipinski definition) is 8. The number of pyridine rings is 2. The zero-order valence-electron chi connectivity index (χ0n) is 23.3. The summed E-state index contributed by atoms with van der Waals surface area (Å²) >= 11 is 0. The minimum Gasteiger partial charge on any atom is -0.339 e. The first-order valence-electron chi connectivity index (χ1n) is 13.4. The Kier molecular flexibility index (Phi) is 6.68. The van der Waals surface area contributed by atoms with Crippen LogP contribution in [0.4, 0.5) is 0 Å². The minimum atomic E-state index is -3.59. The number of ketones is 1. The van der Waals surface area contributed by atoms with Gasteiger partial charge in [-0.2, -0.15) is 22.3 Å². The van der Waals surface area contributed by atoms with Gasteiger partial charge in [-0.05, 0) is 59.7 Å². The summed E-state index contributed by atoms with van der Waals surface area (Å²) in [4.78, 5) is 40.3. The summed E-state index contributed by atoms with van der Waals surface area (Å²) in [6.45, 7) is 0.579. The maximum Gasteiger partial charge on any atom is 0.281 e. The molecule has 1 unspecified atom stereocenters. The second-order valence-electron chi connectivity index (χ2n) is 10.9. The molecule has 3 aliphatic rings. The van der Waals surface area contributed by atoms with Crippen LogP contribution >= 0.6 is 0 Å². The molecule has 2 aliphatic heterocycles. The molecule has 0 N–H and O–H groups in total. The minimum absolute atomic E-state index is 0.0730. The average Bonchev–Trinajstić information content (AvgIpc) is 3.36. The van der Waals surface area contributed by atoms with E-state index < -0.39 is 15.7 Å². The molecule has 6 rings (SSSR count). The van der Waals surface area contributed by atoms with E-state index in [4.69, 9.17) is 5.26 Å². The Morgan fingerprint density at radius 1 is 0.976 bits per heavy atom. The highest BCUT2D eigenvalue weighted by Gasteiger charge is 2.67. The average molecular weight is 584 g/mol. The first kappa shape index (κ1) is 27.7. The lowest BCUT2D eigenvalue weighted by Crippen LogP contribution is -2.47. The van der Waals surface area contributed by atoms with E-state index in [2.05, 4.69) is 16.0 Å². The van der Waals surface area contributed by atoms with Crippen LogP contribution in [-0.4, -0.2) is 88.8 Å². The molecule has 3 fully saturated rings. The van der Waals surface area contributed by atoms with E-state index in [9.17, 15) is 18.0 Å². The number of likely N-dealkylation sites (N-methyl/N-ethyl adjacent to an activating group) is 1. The molecule has 4 heterocycles. The van der Waals surface area contributed by atoms with Crippen molar-refractivity contribution >= 4 is 21.9 Å². The lowest BCUT2D eigenvalue weighted by Gasteiger charge is -2.35. The highest BCUT2D eigenvalue weighted by atomic mass is 32.2. The number of hydrogen-bond donors (Lipinski definition) is 0. The van der Waals surface area contributed by atoms with Gasteiger partial charge in [0.25, 0.3) is 16.1 Å². The second kappa shape index (κ2) is 10.1. The van der Waals surface area contributed by atoms with Gasteiger partial charge in [-0.25, -0.2) is 0 Å². The van der Waals surface area contributed by atoms with E-state index in [-0.39, 0.29) is 42.7 Å². The Bertz CT molecular complexity index is 1670. The van der Waals surface area contributed by atoms with Gasteiger partial charge in [-0.1, -0.05) is 0 Å². The Morgan fingerprint density at radius 2 is 1.50 bits per heavy atom. The van der Waals surface area contributed by atoms with Crippen molar-refractivity contribution in [1.29, 1.82) is 5.26 Å². The molecule has 0 bridgehead atoms. The molecule has 2 saturated heterocycles. The largest absolute Gasteiger partial charge is 0.339 e. The van der Waals surface area contributed by atoms with Crippen LogP contribution in [0.3, 0.4) is 0 Å². The Labute approximate surface area is 244 Å². The van der Waals surface area contributed by atoms with Crippen molar-refractivity contribution in [2.45, 2.75) is 11.6 Å². The smallest absolute Gasteiger partial charge is 0.281 e. The van der Waals surface area contributed by atoms with E-state index >= 15 is 0 Å². The number of allylic oxidation sites excluding steroid dienone is 1. The molecule has 1 aliphatic carbocycles. The number of carbonyl (C=O) groups is 2. The van der Waals surface area contributed by atoms with Crippen molar-refractivity contribution in [1.82, 2.24) is 28.4 Å². The number of fused-ring (bicyclic) bond motifs is 1. The summed E-state index contributed by atoms with van der Waals surface area (Å²) in [7, 11) is 1.21. The van der Waals surface area contributed by atoms with Gasteiger partial charge >= 0.3 is 0 Å². The zero-order valence-corrected chi connectivity index (χ0v) is 24.1. The quantitative estimate of drug-likeness (QED) is 0.304. The zero-order chi connectivity index (χ0) is 29.8. The van der Waals surface area contributed by atoms with Gasteiger partial charge in [-0.15, -0.1) is 0 Å². The molecule has 3 atom stereocenters. The highest BCUT2D eigenvalue weighted by Crippen LogP contribution is 2.56. The maximum absolute atomic E-state index is 14.9. The summed E-state index contributed by atoms with van der Waals surface area (Å²) in [5.74, 6) is -0.276. The van der Waals surface area contributed by atoms with Crippen molar-refractivity contribution in [3.05, 3.63) is 107 Å². The lowest BCUT2D eigenvalue weighted by atomic mass is 9.82. The fourth-order valence-corrected chi connectivity index (χ4v) is 7.55. The fraction of sp³-hybridized carbons (Fsp3) is 0.300. The predicted octanol–water partition coefficient (Wildman–Crippen LogP) is 1.83. The van der Waals surface area contributed by atoms with Gasteiger partial charge in [0.1, 0.15) is 5.82 Å². The van der Waals surface area contributed by atoms with Crippen molar-refractivity contribution in [2.75, 3.05) is 34.2 Å². The molecule has 11 nitrogen and oxygen atoms in total. The lowest BCUT2D eigenvalue weighted by molar-refractivity contribution is -0.132. The molecule has 42 heavy (non-hydrogen) atoms. The molecule has 1 aromatic carbocycles. The summed E-state index contributed by atoms with van der Waals surface area (Å²) in [5.41, 5.74) is 0.865. The SMILES string of the molecule is CN1C(=CC(=O)c2ccc(C#N)cc2)N(C2[C@H]3CN(S(=O)(=O)N(C)C)C[C@@H]23)C(=O)C1(c1ccncc1)c1ccncc1. The van der Waals surface area contributed by atoms with Crippen LogP contribution in [0.25, 0.3) is 0 Å². The normalized spacial score (nSPS) is 24.2. The van der Waals surface area contributed by atoms with Gasteiger partial charge in [0.15, 0.2) is 11.3 Å². The van der Waals surface area contributed by atoms with Gasteiger partial charge < -0.3 is 4.90 Å². The monoisotopic (exact) mass is 583 g/mol. The van der Waals surface area contributed by atoms with Crippen molar-refractivity contribution in [3.8, 4) is 6.07 Å². The van der Waals surface area contributed by atoms with Crippen molar-refractivity contribution in [2.24, 2.45) is 11.8 Å². The molecule has 1 amide bonds. The highest BCUT2D eigenvalue weighted by molar-refractivity contribution is 7.86. The number of piperidine rings is 1. The fourth-order valence-electron chi connectivity index (χ4n) is 6.37. The third-order valence-corrected chi connectivity index (χ3v) is 10.5. The van der Waals surface area contributed by atoms with Gasteiger partial charge in [0, 0.05) is 88.5 Å². The molecule has 0 spiro atoms. The predicted molar refractivity (Wildman–Crippen MR) is 152 cm³/mol. The number of aromatic nitrogens is 2. The maximum atomic E-state index is 14.9. The van der Waals surface area contributed by atoms with Crippen LogP contribution in [-0.2, 0) is 20.5 Å². The molecule has 214 valence electrons. The first-order valence-corrected chi connectivity index (χ1v) is 14.8. The number of amides is 1. The molecule has 12 heteroatoms. The molecule has 2 aromatic heterocycles. The van der Waals surface area contributed by atoms with Crippen LogP contribution in [0.5, 0.6) is 0 Å². The van der Waals surface area contributed by atoms with Crippen LogP contribution in [0.1, 0.15) is 27.0 Å². The summed E-state index contributed by atoms with van der Waals surface area (Å²) in [5, 5.41) is 9.17. The van der Waals surface area contributed by atoms with Crippen LogP contribution in [0.2, 0.25) is 0 Å². The summed E-state index contributed by atoms with van der Waals surface area (Å²) in [6, 6.07) is 15.3. The number of rotatable bonds is 7. The number of nitriles is 1. The summed E-state index contributed by atoms with van der Waals surface area (Å²) in [6.07, 6.45) is 7.98. The van der Waals surface area contributed by atoms with E-state index in [0.717, 1.165) is 0 Å². The second-order valence-corrected chi connectivity index (χ2v) is 13.0. The molecular weight excluding hydrogens is 554 g/mol. The van der Waals surface area contributed by atoms with E-state index in [1.54, 1.807) is 85.3 Å². The van der Waals surface area contributed by atoms with Gasteiger partial charge in [-0.3, -0.25) is 24.5 Å². The van der Waals surface area contributed by atoms with E-state index in [0.29, 0.717) is 28.1 Å².